The number of likely N-dealkylation sites (tertiary alicyclic amines) is 1. The van der Waals surface area contributed by atoms with Crippen molar-refractivity contribution in [2.24, 2.45) is 16.8 Å². The number of ether oxygens (including phenoxy) is 1. The van der Waals surface area contributed by atoms with Crippen molar-refractivity contribution < 1.29 is 19.1 Å². The van der Waals surface area contributed by atoms with E-state index in [4.69, 9.17) is 4.74 Å². The third-order valence-corrected chi connectivity index (χ3v) is 5.60. The molecule has 1 aromatic carbocycles. The minimum Gasteiger partial charge on any atom is -0.469 e. The van der Waals surface area contributed by atoms with E-state index in [1.54, 1.807) is 24.1 Å². The molecule has 0 bridgehead atoms. The molecule has 0 saturated carbocycles. The van der Waals surface area contributed by atoms with Gasteiger partial charge in [0.05, 0.1) is 19.6 Å². The molecule has 9 nitrogen and oxygen atoms in total. The first-order valence-electron chi connectivity index (χ1n) is 10.1. The fraction of sp³-hybridized carbons (Fsp3) is 0.524. The van der Waals surface area contributed by atoms with Crippen molar-refractivity contribution in [2.45, 2.75) is 13.5 Å². The van der Waals surface area contributed by atoms with Crippen LogP contribution in [0.15, 0.2) is 29.3 Å². The summed E-state index contributed by atoms with van der Waals surface area (Å²) in [4.78, 5) is 43.9. The van der Waals surface area contributed by atoms with Crippen LogP contribution >= 0.6 is 24.0 Å². The lowest BCUT2D eigenvalue weighted by Gasteiger charge is -2.26. The van der Waals surface area contributed by atoms with Crippen LogP contribution in [0, 0.1) is 11.8 Å². The Morgan fingerprint density at radius 1 is 1.23 bits per heavy atom. The molecule has 2 N–H and O–H groups in total. The molecule has 2 heterocycles. The lowest BCUT2D eigenvalue weighted by atomic mass is 9.99. The number of esters is 1. The highest BCUT2D eigenvalue weighted by atomic mass is 127. The molecule has 0 aromatic heterocycles. The normalized spacial score (nSPS) is 21.3. The number of carbonyl (C=O) groups excluding carboxylic acids is 3. The molecule has 0 radical (unpaired) electrons. The average Bonchev–Trinajstić information content (AvgIpc) is 3.15. The topological polar surface area (TPSA) is 103 Å². The summed E-state index contributed by atoms with van der Waals surface area (Å²) in [5, 5.41) is 6.04. The Bertz CT molecular complexity index is 830. The molecule has 10 heteroatoms. The quantitative estimate of drug-likeness (QED) is 0.251. The van der Waals surface area contributed by atoms with E-state index in [1.807, 2.05) is 19.1 Å². The Labute approximate surface area is 199 Å². The molecule has 2 aliphatic heterocycles. The van der Waals surface area contributed by atoms with E-state index in [1.165, 1.54) is 7.11 Å². The smallest absolute Gasteiger partial charge is 0.310 e. The number of piperazine rings is 1. The van der Waals surface area contributed by atoms with Crippen LogP contribution in [0.1, 0.15) is 22.8 Å². The number of hydrogen-bond acceptors (Lipinski definition) is 5. The summed E-state index contributed by atoms with van der Waals surface area (Å²) in [5.41, 5.74) is 1.56. The van der Waals surface area contributed by atoms with Crippen molar-refractivity contribution in [1.29, 1.82) is 0 Å². The Morgan fingerprint density at radius 3 is 2.55 bits per heavy atom. The summed E-state index contributed by atoms with van der Waals surface area (Å²) in [7, 11) is 3.13. The first-order chi connectivity index (χ1) is 14.4. The van der Waals surface area contributed by atoms with Gasteiger partial charge in [0.1, 0.15) is 0 Å². The predicted octanol–water partition coefficient (Wildman–Crippen LogP) is 0.693. The maximum atomic E-state index is 12.6. The maximum Gasteiger partial charge on any atom is 0.310 e. The lowest BCUT2D eigenvalue weighted by molar-refractivity contribution is -0.146. The highest BCUT2D eigenvalue weighted by Gasteiger charge is 2.36. The van der Waals surface area contributed by atoms with Crippen LogP contribution in [-0.2, 0) is 20.9 Å². The largest absolute Gasteiger partial charge is 0.469 e. The number of amides is 2. The molecule has 170 valence electrons. The van der Waals surface area contributed by atoms with E-state index in [2.05, 4.69) is 20.5 Å². The van der Waals surface area contributed by atoms with E-state index in [9.17, 15) is 14.4 Å². The predicted molar refractivity (Wildman–Crippen MR) is 127 cm³/mol. The van der Waals surface area contributed by atoms with Gasteiger partial charge >= 0.3 is 5.97 Å². The molecule has 2 atom stereocenters. The SMILES string of the molecule is CN=C(NCc1ccc(C(=O)N2CCNC(=O)C2)cc1)N1CC(C)C(C(=O)OC)C1.I. The first-order valence-corrected chi connectivity index (χ1v) is 10.1. The minimum absolute atomic E-state index is 0. The number of benzene rings is 1. The summed E-state index contributed by atoms with van der Waals surface area (Å²) < 4.78 is 4.90. The van der Waals surface area contributed by atoms with E-state index >= 15 is 0 Å². The zero-order valence-electron chi connectivity index (χ0n) is 18.1. The van der Waals surface area contributed by atoms with Crippen LogP contribution in [-0.4, -0.2) is 80.4 Å². The molecule has 3 rings (SSSR count). The van der Waals surface area contributed by atoms with Crippen molar-refractivity contribution in [1.82, 2.24) is 20.4 Å². The van der Waals surface area contributed by atoms with Crippen molar-refractivity contribution in [3.63, 3.8) is 0 Å². The molecule has 2 unspecified atom stereocenters. The molecule has 1 aromatic rings. The van der Waals surface area contributed by atoms with Gasteiger partial charge in [-0.25, -0.2) is 0 Å². The van der Waals surface area contributed by atoms with Gasteiger partial charge in [-0.15, -0.1) is 24.0 Å². The molecule has 0 aliphatic carbocycles. The number of halogens is 1. The number of hydrogen-bond donors (Lipinski definition) is 2. The molecule has 2 amide bonds. The Balaban J connectivity index is 0.00000341. The Morgan fingerprint density at radius 2 is 1.94 bits per heavy atom. The lowest BCUT2D eigenvalue weighted by Crippen LogP contribution is -2.49. The zero-order chi connectivity index (χ0) is 21.7. The van der Waals surface area contributed by atoms with E-state index < -0.39 is 0 Å². The van der Waals surface area contributed by atoms with Gasteiger partial charge in [-0.1, -0.05) is 19.1 Å². The van der Waals surface area contributed by atoms with Gasteiger partial charge in [0.25, 0.3) is 5.91 Å². The van der Waals surface area contributed by atoms with E-state index in [0.717, 1.165) is 18.1 Å². The highest BCUT2D eigenvalue weighted by Crippen LogP contribution is 2.24. The summed E-state index contributed by atoms with van der Waals surface area (Å²) in [6.07, 6.45) is 0. The van der Waals surface area contributed by atoms with Crippen LogP contribution in [0.5, 0.6) is 0 Å². The fourth-order valence-electron chi connectivity index (χ4n) is 3.87. The Kier molecular flexibility index (Phi) is 9.08. The van der Waals surface area contributed by atoms with Gasteiger partial charge in [0.2, 0.25) is 5.91 Å². The molecule has 2 fully saturated rings. The monoisotopic (exact) mass is 543 g/mol. The van der Waals surface area contributed by atoms with Crippen LogP contribution in [0.25, 0.3) is 0 Å². The third kappa shape index (κ3) is 6.08. The number of guanidine groups is 1. The van der Waals surface area contributed by atoms with Gasteiger partial charge in [-0.3, -0.25) is 19.4 Å². The van der Waals surface area contributed by atoms with Crippen LogP contribution in [0.4, 0.5) is 0 Å². The summed E-state index contributed by atoms with van der Waals surface area (Å²) in [6, 6.07) is 7.34. The molecular formula is C21H30IN5O4. The summed E-state index contributed by atoms with van der Waals surface area (Å²) >= 11 is 0. The maximum absolute atomic E-state index is 12.6. The molecular weight excluding hydrogens is 513 g/mol. The number of methoxy groups -OCH3 is 1. The number of nitrogens with zero attached hydrogens (tertiary/aromatic N) is 3. The van der Waals surface area contributed by atoms with Crippen LogP contribution < -0.4 is 10.6 Å². The highest BCUT2D eigenvalue weighted by molar-refractivity contribution is 14.0. The summed E-state index contributed by atoms with van der Waals surface area (Å²) in [5.74, 6) is 0.307. The number of rotatable bonds is 4. The van der Waals surface area contributed by atoms with Crippen LogP contribution in [0.3, 0.4) is 0 Å². The van der Waals surface area contributed by atoms with Crippen molar-refractivity contribution in [2.75, 3.05) is 46.9 Å². The van der Waals surface area contributed by atoms with Crippen molar-refractivity contribution in [3.8, 4) is 0 Å². The third-order valence-electron chi connectivity index (χ3n) is 5.60. The van der Waals surface area contributed by atoms with Gasteiger partial charge < -0.3 is 25.2 Å². The summed E-state index contributed by atoms with van der Waals surface area (Å²) in [6.45, 7) is 4.99. The second kappa shape index (κ2) is 11.3. The zero-order valence-corrected chi connectivity index (χ0v) is 20.4. The van der Waals surface area contributed by atoms with Gasteiger partial charge in [0, 0.05) is 45.3 Å². The van der Waals surface area contributed by atoms with Crippen molar-refractivity contribution >= 4 is 47.7 Å². The number of nitrogens with one attached hydrogen (secondary N) is 2. The molecule has 0 spiro atoms. The first kappa shape index (κ1) is 24.9. The van der Waals surface area contributed by atoms with Gasteiger partial charge in [-0.2, -0.15) is 0 Å². The van der Waals surface area contributed by atoms with Gasteiger partial charge in [0.15, 0.2) is 5.96 Å². The fourth-order valence-corrected chi connectivity index (χ4v) is 3.87. The Hall–Kier alpha value is -2.37. The number of aliphatic imine (C=N–C) groups is 1. The standard InChI is InChI=1S/C21H29N5O4.HI/c1-14-11-26(12-17(14)20(29)30-3)21(22-2)24-10-15-4-6-16(7-5-15)19(28)25-9-8-23-18(27)13-25;/h4-7,14,17H,8-13H2,1-3H3,(H,22,24)(H,23,27);1H. The van der Waals surface area contributed by atoms with Crippen molar-refractivity contribution in [3.05, 3.63) is 35.4 Å². The van der Waals surface area contributed by atoms with Gasteiger partial charge in [-0.05, 0) is 23.6 Å². The molecule has 2 saturated heterocycles. The van der Waals surface area contributed by atoms with E-state index in [-0.39, 0.29) is 60.1 Å². The van der Waals surface area contributed by atoms with Crippen LogP contribution in [0.2, 0.25) is 0 Å². The second-order valence-corrected chi connectivity index (χ2v) is 7.69. The van der Waals surface area contributed by atoms with E-state index in [0.29, 0.717) is 31.7 Å². The molecule has 31 heavy (non-hydrogen) atoms. The minimum atomic E-state index is -0.188. The average molecular weight is 543 g/mol. The molecule has 2 aliphatic rings. The second-order valence-electron chi connectivity index (χ2n) is 7.69. The number of carbonyl (C=O) groups is 3.